The molecule has 0 bridgehead atoms. The fourth-order valence-corrected chi connectivity index (χ4v) is 2.19. The van der Waals surface area contributed by atoms with Crippen LogP contribution in [0.15, 0.2) is 57.8 Å². The van der Waals surface area contributed by atoms with Crippen molar-refractivity contribution in [3.8, 4) is 0 Å². The molecule has 0 spiro atoms. The number of amides is 1. The van der Waals surface area contributed by atoms with Gasteiger partial charge in [-0.25, -0.2) is 9.79 Å². The van der Waals surface area contributed by atoms with Gasteiger partial charge in [-0.3, -0.25) is 9.69 Å². The summed E-state index contributed by atoms with van der Waals surface area (Å²) in [4.78, 5) is 29.0. The topological polar surface area (TPSA) is 83.1 Å². The lowest BCUT2D eigenvalue weighted by Crippen LogP contribution is -2.30. The van der Waals surface area contributed by atoms with Crippen molar-refractivity contribution in [1.82, 2.24) is 0 Å². The molecular weight excluding hydrogens is 284 g/mol. The molecule has 2 heterocycles. The Morgan fingerprint density at radius 1 is 1.27 bits per heavy atom. The number of hydrogen-bond donors (Lipinski definition) is 1. The highest BCUT2D eigenvalue weighted by atomic mass is 16.4. The summed E-state index contributed by atoms with van der Waals surface area (Å²) in [5.41, 5.74) is 1.00. The van der Waals surface area contributed by atoms with Crippen LogP contribution in [-0.2, 0) is 4.79 Å². The third kappa shape index (κ3) is 2.42. The van der Waals surface area contributed by atoms with Gasteiger partial charge in [-0.05, 0) is 43.3 Å². The van der Waals surface area contributed by atoms with Crippen LogP contribution in [0.25, 0.3) is 6.08 Å². The first kappa shape index (κ1) is 13.8. The number of carbonyl (C=O) groups is 2. The molecule has 1 N–H and O–H groups in total. The molecule has 1 aliphatic rings. The van der Waals surface area contributed by atoms with E-state index in [9.17, 15) is 9.59 Å². The zero-order valence-corrected chi connectivity index (χ0v) is 11.7. The summed E-state index contributed by atoms with van der Waals surface area (Å²) in [7, 11) is 0. The number of hydrogen-bond acceptors (Lipinski definition) is 4. The molecule has 0 unspecified atom stereocenters. The third-order valence-electron chi connectivity index (χ3n) is 3.22. The second kappa shape index (κ2) is 5.33. The first-order chi connectivity index (χ1) is 10.6. The van der Waals surface area contributed by atoms with E-state index in [0.717, 1.165) is 0 Å². The van der Waals surface area contributed by atoms with E-state index in [1.807, 2.05) is 0 Å². The summed E-state index contributed by atoms with van der Waals surface area (Å²) in [5, 5.41) is 8.91. The molecule has 6 nitrogen and oxygen atoms in total. The Kier molecular flexibility index (Phi) is 3.34. The molecule has 0 atom stereocenters. The van der Waals surface area contributed by atoms with E-state index in [2.05, 4.69) is 4.99 Å². The Balaban J connectivity index is 1.91. The van der Waals surface area contributed by atoms with Gasteiger partial charge in [0.05, 0.1) is 17.5 Å². The van der Waals surface area contributed by atoms with Crippen molar-refractivity contribution < 1.29 is 19.1 Å². The van der Waals surface area contributed by atoms with Crippen LogP contribution < -0.4 is 4.90 Å². The van der Waals surface area contributed by atoms with E-state index in [1.54, 1.807) is 37.3 Å². The third-order valence-corrected chi connectivity index (χ3v) is 3.22. The quantitative estimate of drug-likeness (QED) is 0.883. The van der Waals surface area contributed by atoms with Crippen LogP contribution in [0, 0.1) is 0 Å². The van der Waals surface area contributed by atoms with Crippen molar-refractivity contribution in [2.24, 2.45) is 4.99 Å². The van der Waals surface area contributed by atoms with Gasteiger partial charge < -0.3 is 9.52 Å². The lowest BCUT2D eigenvalue weighted by atomic mass is 10.2. The van der Waals surface area contributed by atoms with Crippen molar-refractivity contribution in [2.75, 3.05) is 4.90 Å². The normalized spacial score (nSPS) is 16.2. The number of aromatic carboxylic acids is 1. The maximum absolute atomic E-state index is 12.4. The molecule has 0 fully saturated rings. The number of carboxylic acids is 1. The molecule has 2 aromatic rings. The number of anilines is 1. The van der Waals surface area contributed by atoms with Crippen molar-refractivity contribution >= 4 is 29.5 Å². The molecular formula is C16H12N2O4. The predicted molar refractivity (Wildman–Crippen MR) is 80.7 cm³/mol. The minimum absolute atomic E-state index is 0.163. The Hall–Kier alpha value is -3.15. The lowest BCUT2D eigenvalue weighted by Gasteiger charge is -2.15. The van der Waals surface area contributed by atoms with Crippen molar-refractivity contribution in [2.45, 2.75) is 6.92 Å². The number of aliphatic imine (C=N–C) groups is 1. The summed E-state index contributed by atoms with van der Waals surface area (Å²) in [6, 6.07) is 9.52. The SMILES string of the molecule is CC1=NC(=Cc2ccco2)C(=O)N1c1ccc(C(=O)O)cc1. The summed E-state index contributed by atoms with van der Waals surface area (Å²) >= 11 is 0. The van der Waals surface area contributed by atoms with Crippen molar-refractivity contribution in [1.29, 1.82) is 0 Å². The van der Waals surface area contributed by atoms with Crippen LogP contribution >= 0.6 is 0 Å². The fraction of sp³-hybridized carbons (Fsp3) is 0.0625. The van der Waals surface area contributed by atoms with Gasteiger partial charge in [-0.15, -0.1) is 0 Å². The van der Waals surface area contributed by atoms with Gasteiger partial charge >= 0.3 is 5.97 Å². The molecule has 0 saturated carbocycles. The van der Waals surface area contributed by atoms with E-state index in [0.29, 0.717) is 17.3 Å². The number of furan rings is 1. The van der Waals surface area contributed by atoms with Gasteiger partial charge in [0.15, 0.2) is 0 Å². The summed E-state index contributed by atoms with van der Waals surface area (Å²) < 4.78 is 5.18. The average Bonchev–Trinajstić information content (AvgIpc) is 3.09. The van der Waals surface area contributed by atoms with E-state index in [4.69, 9.17) is 9.52 Å². The number of rotatable bonds is 3. The molecule has 110 valence electrons. The Bertz CT molecular complexity index is 786. The van der Waals surface area contributed by atoms with E-state index in [-0.39, 0.29) is 17.2 Å². The molecule has 1 amide bonds. The van der Waals surface area contributed by atoms with Crippen LogP contribution in [0.5, 0.6) is 0 Å². The fourth-order valence-electron chi connectivity index (χ4n) is 2.19. The highest BCUT2D eigenvalue weighted by molar-refractivity contribution is 6.28. The van der Waals surface area contributed by atoms with Crippen LogP contribution in [-0.4, -0.2) is 22.8 Å². The summed E-state index contributed by atoms with van der Waals surface area (Å²) in [6.07, 6.45) is 3.09. The molecule has 22 heavy (non-hydrogen) atoms. The van der Waals surface area contributed by atoms with Crippen LogP contribution in [0.3, 0.4) is 0 Å². The highest BCUT2D eigenvalue weighted by Gasteiger charge is 2.29. The van der Waals surface area contributed by atoms with Gasteiger partial charge in [0.25, 0.3) is 5.91 Å². The van der Waals surface area contributed by atoms with Crippen LogP contribution in [0.4, 0.5) is 5.69 Å². The van der Waals surface area contributed by atoms with Crippen molar-refractivity contribution in [3.05, 3.63) is 59.7 Å². The Morgan fingerprint density at radius 2 is 2.00 bits per heavy atom. The number of carboxylic acid groups (broad SMARTS) is 1. The van der Waals surface area contributed by atoms with Crippen LogP contribution in [0.1, 0.15) is 23.0 Å². The Labute approximate surface area is 126 Å². The average molecular weight is 296 g/mol. The largest absolute Gasteiger partial charge is 0.478 e. The monoisotopic (exact) mass is 296 g/mol. The first-order valence-electron chi connectivity index (χ1n) is 6.54. The van der Waals surface area contributed by atoms with E-state index >= 15 is 0 Å². The standard InChI is InChI=1S/C16H12N2O4/c1-10-17-14(9-13-3-2-8-22-13)15(19)18(10)12-6-4-11(5-7-12)16(20)21/h2-9H,1H3,(H,20,21). The zero-order chi connectivity index (χ0) is 15.7. The van der Waals surface area contributed by atoms with Gasteiger partial charge in [-0.1, -0.05) is 0 Å². The van der Waals surface area contributed by atoms with Gasteiger partial charge in [0, 0.05) is 6.08 Å². The first-order valence-corrected chi connectivity index (χ1v) is 6.54. The smallest absolute Gasteiger partial charge is 0.335 e. The summed E-state index contributed by atoms with van der Waals surface area (Å²) in [5.74, 6) is -0.228. The molecule has 3 rings (SSSR count). The van der Waals surface area contributed by atoms with Crippen molar-refractivity contribution in [3.63, 3.8) is 0 Å². The second-order valence-corrected chi connectivity index (χ2v) is 4.70. The molecule has 0 aliphatic carbocycles. The zero-order valence-electron chi connectivity index (χ0n) is 11.7. The minimum Gasteiger partial charge on any atom is -0.478 e. The van der Waals surface area contributed by atoms with E-state index in [1.165, 1.54) is 23.3 Å². The van der Waals surface area contributed by atoms with E-state index < -0.39 is 5.97 Å². The maximum atomic E-state index is 12.4. The van der Waals surface area contributed by atoms with Crippen LogP contribution in [0.2, 0.25) is 0 Å². The van der Waals surface area contributed by atoms with Gasteiger partial charge in [0.2, 0.25) is 0 Å². The molecule has 6 heteroatoms. The highest BCUT2D eigenvalue weighted by Crippen LogP contribution is 2.25. The number of benzene rings is 1. The maximum Gasteiger partial charge on any atom is 0.335 e. The minimum atomic E-state index is -1.01. The summed E-state index contributed by atoms with van der Waals surface area (Å²) in [6.45, 7) is 1.71. The second-order valence-electron chi connectivity index (χ2n) is 4.70. The molecule has 0 saturated heterocycles. The number of carbonyl (C=O) groups excluding carboxylic acids is 1. The number of nitrogens with zero attached hydrogens (tertiary/aromatic N) is 2. The molecule has 1 aromatic carbocycles. The van der Waals surface area contributed by atoms with Gasteiger partial charge in [0.1, 0.15) is 17.3 Å². The number of amidine groups is 1. The predicted octanol–water partition coefficient (Wildman–Crippen LogP) is 2.78. The lowest BCUT2D eigenvalue weighted by molar-refractivity contribution is -0.113. The molecule has 1 aromatic heterocycles. The Morgan fingerprint density at radius 3 is 2.59 bits per heavy atom. The molecule has 1 aliphatic heterocycles. The molecule has 0 radical (unpaired) electrons. The van der Waals surface area contributed by atoms with Gasteiger partial charge in [-0.2, -0.15) is 0 Å².